The number of carboxylic acids is 1. The number of hydrogen-bond donors (Lipinski definition) is 1. The molecule has 13 heavy (non-hydrogen) atoms. The van der Waals surface area contributed by atoms with Crippen LogP contribution in [0.25, 0.3) is 0 Å². The van der Waals surface area contributed by atoms with Crippen LogP contribution < -0.4 is 5.56 Å². The Bertz CT molecular complexity index is 381. The maximum Gasteiger partial charge on any atom is 0.312 e. The number of aliphatic carboxylic acids is 1. The zero-order chi connectivity index (χ0) is 10.0. The third-order valence-corrected chi connectivity index (χ3v) is 2.04. The van der Waals surface area contributed by atoms with Gasteiger partial charge in [0.25, 0.3) is 0 Å². The molecule has 0 aromatic carbocycles. The van der Waals surface area contributed by atoms with Crippen molar-refractivity contribution in [2.24, 2.45) is 7.05 Å². The quantitative estimate of drug-likeness (QED) is 0.725. The molecule has 1 rings (SSSR count). The van der Waals surface area contributed by atoms with Gasteiger partial charge in [-0.25, -0.2) is 0 Å². The molecule has 0 saturated carbocycles. The van der Waals surface area contributed by atoms with Crippen LogP contribution in [0.3, 0.4) is 0 Å². The first kappa shape index (κ1) is 9.51. The lowest BCUT2D eigenvalue weighted by atomic mass is 10.1. The Morgan fingerprint density at radius 2 is 2.15 bits per heavy atom. The summed E-state index contributed by atoms with van der Waals surface area (Å²) in [6, 6.07) is 4.61. The highest BCUT2D eigenvalue weighted by molar-refractivity contribution is 5.74. The zero-order valence-corrected chi connectivity index (χ0v) is 7.52. The number of pyridine rings is 1. The van der Waals surface area contributed by atoms with E-state index in [0.29, 0.717) is 5.69 Å². The van der Waals surface area contributed by atoms with Crippen LogP contribution in [0.1, 0.15) is 18.5 Å². The largest absolute Gasteiger partial charge is 0.481 e. The second-order valence-electron chi connectivity index (χ2n) is 2.91. The van der Waals surface area contributed by atoms with Gasteiger partial charge in [-0.2, -0.15) is 0 Å². The molecule has 1 aromatic rings. The summed E-state index contributed by atoms with van der Waals surface area (Å²) in [7, 11) is 1.57. The summed E-state index contributed by atoms with van der Waals surface area (Å²) in [6.45, 7) is 1.55. The molecule has 1 N–H and O–H groups in total. The lowest BCUT2D eigenvalue weighted by Crippen LogP contribution is -2.22. The highest BCUT2D eigenvalue weighted by atomic mass is 16.4. The topological polar surface area (TPSA) is 59.3 Å². The van der Waals surface area contributed by atoms with Gasteiger partial charge in [-0.05, 0) is 13.0 Å². The van der Waals surface area contributed by atoms with Crippen molar-refractivity contribution in [2.75, 3.05) is 0 Å². The monoisotopic (exact) mass is 181 g/mol. The molecule has 70 valence electrons. The fraction of sp³-hybridized carbons (Fsp3) is 0.333. The van der Waals surface area contributed by atoms with Crippen molar-refractivity contribution in [3.8, 4) is 0 Å². The normalized spacial score (nSPS) is 12.5. The van der Waals surface area contributed by atoms with Crippen LogP contribution in [0.5, 0.6) is 0 Å². The zero-order valence-electron chi connectivity index (χ0n) is 7.52. The number of nitrogens with zero attached hydrogens (tertiary/aromatic N) is 1. The highest BCUT2D eigenvalue weighted by Gasteiger charge is 2.15. The number of aromatic nitrogens is 1. The number of carboxylic acid groups (broad SMARTS) is 1. The van der Waals surface area contributed by atoms with Crippen molar-refractivity contribution in [1.82, 2.24) is 4.57 Å². The molecule has 0 fully saturated rings. The van der Waals surface area contributed by atoms with Crippen LogP contribution in [-0.4, -0.2) is 15.6 Å². The summed E-state index contributed by atoms with van der Waals surface area (Å²) in [4.78, 5) is 21.8. The summed E-state index contributed by atoms with van der Waals surface area (Å²) in [6.07, 6.45) is 0. The third-order valence-electron chi connectivity index (χ3n) is 2.04. The summed E-state index contributed by atoms with van der Waals surface area (Å²) < 4.78 is 1.35. The van der Waals surface area contributed by atoms with E-state index in [0.717, 1.165) is 0 Å². The molecular weight excluding hydrogens is 170 g/mol. The van der Waals surface area contributed by atoms with Gasteiger partial charge >= 0.3 is 5.97 Å². The molecular formula is C9H11NO3. The van der Waals surface area contributed by atoms with E-state index in [4.69, 9.17) is 5.11 Å². The highest BCUT2D eigenvalue weighted by Crippen LogP contribution is 2.11. The Kier molecular flexibility index (Phi) is 2.51. The number of hydrogen-bond acceptors (Lipinski definition) is 2. The molecule has 4 heteroatoms. The standard InChI is InChI=1S/C9H11NO3/c1-6(9(12)13)7-4-3-5-8(11)10(7)2/h3-6H,1-2H3,(H,12,13). The van der Waals surface area contributed by atoms with Gasteiger partial charge in [0.1, 0.15) is 0 Å². The van der Waals surface area contributed by atoms with Crippen LogP contribution in [0, 0.1) is 0 Å². The maximum atomic E-state index is 11.1. The van der Waals surface area contributed by atoms with Gasteiger partial charge in [-0.3, -0.25) is 9.59 Å². The summed E-state index contributed by atoms with van der Waals surface area (Å²) >= 11 is 0. The molecule has 4 nitrogen and oxygen atoms in total. The number of carbonyl (C=O) groups is 1. The van der Waals surface area contributed by atoms with E-state index >= 15 is 0 Å². The van der Waals surface area contributed by atoms with Crippen molar-refractivity contribution < 1.29 is 9.90 Å². The molecule has 0 saturated heterocycles. The second-order valence-corrected chi connectivity index (χ2v) is 2.91. The smallest absolute Gasteiger partial charge is 0.312 e. The first-order chi connectivity index (χ1) is 6.04. The van der Waals surface area contributed by atoms with E-state index in [1.807, 2.05) is 0 Å². The van der Waals surface area contributed by atoms with Gasteiger partial charge in [0.15, 0.2) is 0 Å². The molecule has 0 amide bonds. The van der Waals surface area contributed by atoms with E-state index in [-0.39, 0.29) is 5.56 Å². The minimum absolute atomic E-state index is 0.189. The molecule has 0 radical (unpaired) electrons. The summed E-state index contributed by atoms with van der Waals surface area (Å²) in [5, 5.41) is 8.74. The van der Waals surface area contributed by atoms with Crippen molar-refractivity contribution in [3.05, 3.63) is 34.2 Å². The second kappa shape index (κ2) is 3.43. The Labute approximate surface area is 75.4 Å². The summed E-state index contributed by atoms with van der Waals surface area (Å²) in [5.41, 5.74) is 0.325. The van der Waals surface area contributed by atoms with Gasteiger partial charge in [-0.1, -0.05) is 6.07 Å². The Hall–Kier alpha value is -1.58. The molecule has 1 unspecified atom stereocenters. The Balaban J connectivity index is 3.23. The third kappa shape index (κ3) is 1.77. The molecule has 1 atom stereocenters. The molecule has 0 spiro atoms. The average Bonchev–Trinajstić information content (AvgIpc) is 2.08. The van der Waals surface area contributed by atoms with Crippen LogP contribution in [0.2, 0.25) is 0 Å². The molecule has 0 aliphatic heterocycles. The van der Waals surface area contributed by atoms with Crippen molar-refractivity contribution in [1.29, 1.82) is 0 Å². The van der Waals surface area contributed by atoms with Crippen LogP contribution in [-0.2, 0) is 11.8 Å². The molecule has 1 aromatic heterocycles. The fourth-order valence-corrected chi connectivity index (χ4v) is 1.14. The van der Waals surface area contributed by atoms with Gasteiger partial charge in [0.05, 0.1) is 5.92 Å². The van der Waals surface area contributed by atoms with E-state index in [1.54, 1.807) is 26.1 Å². The minimum Gasteiger partial charge on any atom is -0.481 e. The predicted molar refractivity (Wildman–Crippen MR) is 47.7 cm³/mol. The van der Waals surface area contributed by atoms with E-state index in [9.17, 15) is 9.59 Å². The average molecular weight is 181 g/mol. The van der Waals surface area contributed by atoms with Crippen molar-refractivity contribution in [3.63, 3.8) is 0 Å². The molecule has 1 heterocycles. The van der Waals surface area contributed by atoms with Crippen molar-refractivity contribution >= 4 is 5.97 Å². The van der Waals surface area contributed by atoms with E-state index < -0.39 is 11.9 Å². The Morgan fingerprint density at radius 3 is 2.69 bits per heavy atom. The van der Waals surface area contributed by atoms with Crippen LogP contribution in [0.15, 0.2) is 23.0 Å². The fourth-order valence-electron chi connectivity index (χ4n) is 1.14. The van der Waals surface area contributed by atoms with Gasteiger partial charge < -0.3 is 9.67 Å². The molecule has 0 aliphatic carbocycles. The first-order valence-corrected chi connectivity index (χ1v) is 3.92. The van der Waals surface area contributed by atoms with Gasteiger partial charge in [-0.15, -0.1) is 0 Å². The minimum atomic E-state index is -0.929. The van der Waals surface area contributed by atoms with E-state index in [2.05, 4.69) is 0 Å². The predicted octanol–water partition coefficient (Wildman–Crippen LogP) is 0.573. The van der Waals surface area contributed by atoms with Crippen LogP contribution in [0.4, 0.5) is 0 Å². The maximum absolute atomic E-state index is 11.1. The first-order valence-electron chi connectivity index (χ1n) is 3.92. The SMILES string of the molecule is CC(C(=O)O)c1cccc(=O)n1C. The molecule has 0 bridgehead atoms. The lowest BCUT2D eigenvalue weighted by molar-refractivity contribution is -0.138. The van der Waals surface area contributed by atoms with Gasteiger partial charge in [0, 0.05) is 18.8 Å². The Morgan fingerprint density at radius 1 is 1.54 bits per heavy atom. The van der Waals surface area contributed by atoms with E-state index in [1.165, 1.54) is 10.6 Å². The van der Waals surface area contributed by atoms with Gasteiger partial charge in [0.2, 0.25) is 5.56 Å². The van der Waals surface area contributed by atoms with Crippen molar-refractivity contribution in [2.45, 2.75) is 12.8 Å². The molecule has 0 aliphatic rings. The van der Waals surface area contributed by atoms with Crippen LogP contribution >= 0.6 is 0 Å². The summed E-state index contributed by atoms with van der Waals surface area (Å²) in [5.74, 6) is -1.58. The lowest BCUT2D eigenvalue weighted by Gasteiger charge is -2.10. The number of rotatable bonds is 2.